The lowest BCUT2D eigenvalue weighted by molar-refractivity contribution is 0.152. The highest BCUT2D eigenvalue weighted by atomic mass is 35.5. The molecule has 2 atom stereocenters. The van der Waals surface area contributed by atoms with Crippen LogP contribution < -0.4 is 0 Å². The van der Waals surface area contributed by atoms with Gasteiger partial charge in [-0.25, -0.2) is 0 Å². The Morgan fingerprint density at radius 2 is 1.44 bits per heavy atom. The van der Waals surface area contributed by atoms with E-state index in [4.69, 9.17) is 11.6 Å². The Kier molecular flexibility index (Phi) is 10.6. The van der Waals surface area contributed by atoms with E-state index >= 15 is 0 Å². The van der Waals surface area contributed by atoms with Crippen LogP contribution in [0.2, 0.25) is 0 Å². The van der Waals surface area contributed by atoms with Gasteiger partial charge in [-0.1, -0.05) is 51.4 Å². The van der Waals surface area contributed by atoms with Crippen molar-refractivity contribution in [3.05, 3.63) is 0 Å². The van der Waals surface area contributed by atoms with Crippen molar-refractivity contribution in [3.8, 4) is 0 Å². The summed E-state index contributed by atoms with van der Waals surface area (Å²) in [4.78, 5) is 0. The molecule has 1 N–H and O–H groups in total. The van der Waals surface area contributed by atoms with Crippen LogP contribution in [0.3, 0.4) is 0 Å². The van der Waals surface area contributed by atoms with Gasteiger partial charge in [0.15, 0.2) is 0 Å². The lowest BCUT2D eigenvalue weighted by Gasteiger charge is -2.23. The topological polar surface area (TPSA) is 20.2 Å². The molecule has 1 saturated carbocycles. The fourth-order valence-corrected chi connectivity index (χ4v) is 4.22. The Labute approximate surface area is 122 Å². The van der Waals surface area contributed by atoms with Crippen LogP contribution in [0.15, 0.2) is 0 Å². The summed E-state index contributed by atoms with van der Waals surface area (Å²) in [6.07, 6.45) is 13.8. The largest absolute Gasteiger partial charge is 0.392 e. The highest BCUT2D eigenvalue weighted by molar-refractivity contribution is 7.99. The Hall–Kier alpha value is 0.600. The van der Waals surface area contributed by atoms with Gasteiger partial charge >= 0.3 is 0 Å². The maximum absolute atomic E-state index is 10.3. The first-order valence-corrected chi connectivity index (χ1v) is 9.28. The van der Waals surface area contributed by atoms with Gasteiger partial charge in [-0.2, -0.15) is 11.8 Å². The molecule has 1 nitrogen and oxygen atoms in total. The summed E-state index contributed by atoms with van der Waals surface area (Å²) in [6, 6.07) is 0. The smallest absolute Gasteiger partial charge is 0.0658 e. The molecule has 18 heavy (non-hydrogen) atoms. The zero-order chi connectivity index (χ0) is 13.1. The number of halogens is 1. The summed E-state index contributed by atoms with van der Waals surface area (Å²) in [6.45, 7) is 0. The first kappa shape index (κ1) is 16.7. The quantitative estimate of drug-likeness (QED) is 0.582. The average Bonchev–Trinajstić information content (AvgIpc) is 2.37. The van der Waals surface area contributed by atoms with Gasteiger partial charge < -0.3 is 5.11 Å². The van der Waals surface area contributed by atoms with Crippen molar-refractivity contribution in [2.24, 2.45) is 0 Å². The Balaban J connectivity index is 2.32. The van der Waals surface area contributed by atoms with E-state index in [-0.39, 0.29) is 6.10 Å². The van der Waals surface area contributed by atoms with Crippen LogP contribution in [0.5, 0.6) is 0 Å². The number of hydrogen-bond donors (Lipinski definition) is 1. The molecule has 0 spiro atoms. The number of rotatable bonds is 4. The van der Waals surface area contributed by atoms with E-state index in [1.807, 2.05) is 11.8 Å². The molecule has 0 heterocycles. The van der Waals surface area contributed by atoms with Gasteiger partial charge in [0.2, 0.25) is 0 Å². The summed E-state index contributed by atoms with van der Waals surface area (Å²) < 4.78 is 0. The monoisotopic (exact) mass is 292 g/mol. The second kappa shape index (κ2) is 11.4. The Bertz CT molecular complexity index is 189. The van der Waals surface area contributed by atoms with Crippen molar-refractivity contribution < 1.29 is 5.11 Å². The second-order valence-electron chi connectivity index (χ2n) is 5.42. The molecule has 1 aliphatic carbocycles. The highest BCUT2D eigenvalue weighted by Gasteiger charge is 2.19. The van der Waals surface area contributed by atoms with Gasteiger partial charge in [0.1, 0.15) is 0 Å². The van der Waals surface area contributed by atoms with E-state index in [9.17, 15) is 5.11 Å². The van der Waals surface area contributed by atoms with Crippen LogP contribution in [0.4, 0.5) is 0 Å². The summed E-state index contributed by atoms with van der Waals surface area (Å²) in [5.74, 6) is 1.85. The molecule has 2 unspecified atom stereocenters. The molecule has 0 aromatic carbocycles. The molecular formula is C15H29ClOS. The highest BCUT2D eigenvalue weighted by Crippen LogP contribution is 2.26. The van der Waals surface area contributed by atoms with E-state index in [1.54, 1.807) is 0 Å². The molecule has 1 aliphatic rings. The first-order valence-electron chi connectivity index (χ1n) is 7.70. The standard InChI is InChI=1S/C15H29ClOS/c16-12-9-13-18-15-11-8-6-4-2-1-3-5-7-10-14(15)17/h14-15,17H,1-13H2. The van der Waals surface area contributed by atoms with Crippen LogP contribution >= 0.6 is 23.4 Å². The second-order valence-corrected chi connectivity index (χ2v) is 7.15. The molecule has 0 saturated heterocycles. The van der Waals surface area contributed by atoms with Gasteiger partial charge in [-0.05, 0) is 25.0 Å². The van der Waals surface area contributed by atoms with Crippen molar-refractivity contribution in [3.63, 3.8) is 0 Å². The number of aliphatic hydroxyl groups excluding tert-OH is 1. The third kappa shape index (κ3) is 7.91. The van der Waals surface area contributed by atoms with Crippen molar-refractivity contribution in [1.82, 2.24) is 0 Å². The zero-order valence-electron chi connectivity index (χ0n) is 11.6. The molecule has 0 amide bonds. The molecule has 0 bridgehead atoms. The summed E-state index contributed by atoms with van der Waals surface area (Å²) in [7, 11) is 0. The van der Waals surface area contributed by atoms with Gasteiger partial charge in [0.05, 0.1) is 6.10 Å². The van der Waals surface area contributed by atoms with Crippen LogP contribution in [0, 0.1) is 0 Å². The third-order valence-corrected chi connectivity index (χ3v) is 5.55. The SMILES string of the molecule is OC1CCCCCCCCCCC1SCCCCl. The fraction of sp³-hybridized carbons (Fsp3) is 1.00. The Morgan fingerprint density at radius 1 is 0.889 bits per heavy atom. The molecule has 1 rings (SSSR count). The minimum absolute atomic E-state index is 0.0928. The number of aliphatic hydroxyl groups is 1. The van der Waals surface area contributed by atoms with Crippen LogP contribution in [0.1, 0.15) is 70.6 Å². The zero-order valence-corrected chi connectivity index (χ0v) is 13.2. The molecule has 0 radical (unpaired) electrons. The summed E-state index contributed by atoms with van der Waals surface area (Å²) >= 11 is 7.67. The molecule has 0 aliphatic heterocycles. The van der Waals surface area contributed by atoms with Crippen LogP contribution in [-0.2, 0) is 0 Å². The van der Waals surface area contributed by atoms with Crippen molar-refractivity contribution in [2.45, 2.75) is 82.0 Å². The van der Waals surface area contributed by atoms with Gasteiger partial charge in [-0.3, -0.25) is 0 Å². The van der Waals surface area contributed by atoms with E-state index < -0.39 is 0 Å². The van der Waals surface area contributed by atoms with E-state index in [2.05, 4.69) is 0 Å². The lowest BCUT2D eigenvalue weighted by Crippen LogP contribution is -2.23. The minimum Gasteiger partial charge on any atom is -0.392 e. The third-order valence-electron chi connectivity index (χ3n) is 3.78. The molecule has 108 valence electrons. The number of thioether (sulfide) groups is 1. The Morgan fingerprint density at radius 3 is 2.06 bits per heavy atom. The molecule has 1 fully saturated rings. The summed E-state index contributed by atoms with van der Waals surface area (Å²) in [5.41, 5.74) is 0. The van der Waals surface area contributed by atoms with Crippen LogP contribution in [-0.4, -0.2) is 28.1 Å². The van der Waals surface area contributed by atoms with Crippen molar-refractivity contribution in [2.75, 3.05) is 11.6 Å². The van der Waals surface area contributed by atoms with Gasteiger partial charge in [0, 0.05) is 11.1 Å². The maximum atomic E-state index is 10.3. The number of alkyl halides is 1. The van der Waals surface area contributed by atoms with Crippen LogP contribution in [0.25, 0.3) is 0 Å². The predicted octanol–water partition coefficient (Wildman–Crippen LogP) is 4.99. The predicted molar refractivity (Wildman–Crippen MR) is 83.8 cm³/mol. The minimum atomic E-state index is -0.0928. The van der Waals surface area contributed by atoms with E-state index in [0.717, 1.165) is 24.5 Å². The normalized spacial score (nSPS) is 28.3. The average molecular weight is 293 g/mol. The van der Waals surface area contributed by atoms with Crippen molar-refractivity contribution in [1.29, 1.82) is 0 Å². The van der Waals surface area contributed by atoms with E-state index in [0.29, 0.717) is 5.25 Å². The van der Waals surface area contributed by atoms with Gasteiger partial charge in [-0.15, -0.1) is 11.6 Å². The summed E-state index contributed by atoms with van der Waals surface area (Å²) in [5, 5.41) is 10.7. The van der Waals surface area contributed by atoms with Crippen molar-refractivity contribution >= 4 is 23.4 Å². The van der Waals surface area contributed by atoms with Gasteiger partial charge in [0.25, 0.3) is 0 Å². The van der Waals surface area contributed by atoms with E-state index in [1.165, 1.54) is 57.8 Å². The molecule has 0 aromatic heterocycles. The molecule has 0 aromatic rings. The first-order chi connectivity index (χ1) is 8.84. The molecular weight excluding hydrogens is 264 g/mol. The lowest BCUT2D eigenvalue weighted by atomic mass is 9.99. The fourth-order valence-electron chi connectivity index (χ4n) is 2.62. The molecule has 3 heteroatoms. The maximum Gasteiger partial charge on any atom is 0.0658 e. The number of hydrogen-bond acceptors (Lipinski definition) is 2.